The zero-order chi connectivity index (χ0) is 13.8. The number of urea groups is 1. The largest absolute Gasteiger partial charge is 0.399 e. The van der Waals surface area contributed by atoms with Gasteiger partial charge in [-0.2, -0.15) is 0 Å². The van der Waals surface area contributed by atoms with Crippen molar-refractivity contribution in [2.45, 2.75) is 12.8 Å². The Balaban J connectivity index is 2.07. The highest BCUT2D eigenvalue weighted by molar-refractivity contribution is 5.96. The van der Waals surface area contributed by atoms with E-state index in [4.69, 9.17) is 5.73 Å². The summed E-state index contributed by atoms with van der Waals surface area (Å²) in [4.78, 5) is 24.8. The maximum atomic E-state index is 11.7. The van der Waals surface area contributed by atoms with Gasteiger partial charge in [-0.15, -0.1) is 0 Å². The molecule has 0 spiro atoms. The Bertz CT molecular complexity index is 501. The summed E-state index contributed by atoms with van der Waals surface area (Å²) in [5.41, 5.74) is 8.67. The Morgan fingerprint density at radius 1 is 1.42 bits per heavy atom. The first-order valence-electron chi connectivity index (χ1n) is 6.25. The molecule has 6 nitrogen and oxygen atoms in total. The van der Waals surface area contributed by atoms with E-state index >= 15 is 0 Å². The topological polar surface area (TPSA) is 87.5 Å². The molecule has 19 heavy (non-hydrogen) atoms. The number of carbonyl (C=O) groups is 2. The van der Waals surface area contributed by atoms with Gasteiger partial charge in [0.05, 0.1) is 6.54 Å². The third-order valence-corrected chi connectivity index (χ3v) is 3.13. The van der Waals surface area contributed by atoms with E-state index in [-0.39, 0.29) is 12.5 Å². The van der Waals surface area contributed by atoms with Gasteiger partial charge in [0.15, 0.2) is 0 Å². The number of nitrogens with one attached hydrogen (secondary N) is 2. The monoisotopic (exact) mass is 262 g/mol. The molecule has 1 aromatic rings. The lowest BCUT2D eigenvalue weighted by Crippen LogP contribution is -2.44. The number of imide groups is 1. The van der Waals surface area contributed by atoms with Crippen molar-refractivity contribution in [1.29, 1.82) is 0 Å². The van der Waals surface area contributed by atoms with Crippen molar-refractivity contribution in [1.82, 2.24) is 10.6 Å². The van der Waals surface area contributed by atoms with Gasteiger partial charge in [-0.3, -0.25) is 10.1 Å². The smallest absolute Gasteiger partial charge is 0.321 e. The molecule has 0 aromatic heterocycles. The molecule has 1 aliphatic heterocycles. The predicted octanol–water partition coefficient (Wildman–Crippen LogP) is 0.477. The van der Waals surface area contributed by atoms with Crippen LogP contribution in [0, 0.1) is 0 Å². The SMILES string of the molecule is CNC(=O)NC(=O)CN1CCCc2cc(N)ccc21. The molecule has 0 aliphatic carbocycles. The molecule has 1 aliphatic rings. The van der Waals surface area contributed by atoms with Gasteiger partial charge in [-0.1, -0.05) is 0 Å². The van der Waals surface area contributed by atoms with Crippen LogP contribution in [0.4, 0.5) is 16.2 Å². The quantitative estimate of drug-likeness (QED) is 0.676. The van der Waals surface area contributed by atoms with E-state index in [0.29, 0.717) is 0 Å². The van der Waals surface area contributed by atoms with Crippen LogP contribution in [0.1, 0.15) is 12.0 Å². The lowest BCUT2D eigenvalue weighted by molar-refractivity contribution is -0.118. The van der Waals surface area contributed by atoms with E-state index in [1.54, 1.807) is 0 Å². The van der Waals surface area contributed by atoms with E-state index in [1.165, 1.54) is 7.05 Å². The first-order valence-corrected chi connectivity index (χ1v) is 6.25. The van der Waals surface area contributed by atoms with Crippen molar-refractivity contribution >= 4 is 23.3 Å². The number of nitrogen functional groups attached to an aromatic ring is 1. The van der Waals surface area contributed by atoms with E-state index in [1.807, 2.05) is 23.1 Å². The Hall–Kier alpha value is -2.24. The lowest BCUT2D eigenvalue weighted by atomic mass is 10.0. The Morgan fingerprint density at radius 3 is 2.95 bits per heavy atom. The molecule has 2 rings (SSSR count). The first-order chi connectivity index (χ1) is 9.10. The summed E-state index contributed by atoms with van der Waals surface area (Å²) in [6.45, 7) is 0.975. The second kappa shape index (κ2) is 5.60. The average Bonchev–Trinajstić information content (AvgIpc) is 2.38. The zero-order valence-corrected chi connectivity index (χ0v) is 10.9. The molecule has 0 radical (unpaired) electrons. The Labute approximate surface area is 112 Å². The molecular formula is C13H18N4O2. The van der Waals surface area contributed by atoms with Crippen molar-refractivity contribution < 1.29 is 9.59 Å². The first kappa shape index (κ1) is 13.2. The number of rotatable bonds is 2. The molecule has 0 unspecified atom stereocenters. The van der Waals surface area contributed by atoms with Gasteiger partial charge in [0.1, 0.15) is 0 Å². The molecule has 4 N–H and O–H groups in total. The highest BCUT2D eigenvalue weighted by atomic mass is 16.2. The molecule has 0 fully saturated rings. The van der Waals surface area contributed by atoms with Crippen LogP contribution in [-0.2, 0) is 11.2 Å². The zero-order valence-electron chi connectivity index (χ0n) is 10.9. The van der Waals surface area contributed by atoms with Gasteiger partial charge >= 0.3 is 6.03 Å². The number of hydrogen-bond donors (Lipinski definition) is 3. The van der Waals surface area contributed by atoms with E-state index in [9.17, 15) is 9.59 Å². The van der Waals surface area contributed by atoms with E-state index < -0.39 is 6.03 Å². The minimum atomic E-state index is -0.487. The maximum absolute atomic E-state index is 11.7. The number of amides is 3. The summed E-state index contributed by atoms with van der Waals surface area (Å²) < 4.78 is 0. The van der Waals surface area contributed by atoms with Crippen LogP contribution in [0.25, 0.3) is 0 Å². The lowest BCUT2D eigenvalue weighted by Gasteiger charge is -2.30. The fourth-order valence-corrected chi connectivity index (χ4v) is 2.26. The summed E-state index contributed by atoms with van der Waals surface area (Å²) in [7, 11) is 1.47. The summed E-state index contributed by atoms with van der Waals surface area (Å²) in [6.07, 6.45) is 1.94. The molecule has 0 saturated heterocycles. The van der Waals surface area contributed by atoms with Gasteiger partial charge in [0, 0.05) is 25.0 Å². The number of anilines is 2. The van der Waals surface area contributed by atoms with Crippen LogP contribution < -0.4 is 21.3 Å². The highest BCUT2D eigenvalue weighted by Gasteiger charge is 2.19. The fourth-order valence-electron chi connectivity index (χ4n) is 2.26. The number of nitrogens with two attached hydrogens (primary N) is 1. The van der Waals surface area contributed by atoms with Crippen LogP contribution in [0.2, 0.25) is 0 Å². The third-order valence-electron chi connectivity index (χ3n) is 3.13. The summed E-state index contributed by atoms with van der Waals surface area (Å²) in [5.74, 6) is -0.316. The van der Waals surface area contributed by atoms with Crippen molar-refractivity contribution in [3.63, 3.8) is 0 Å². The molecule has 6 heteroatoms. The molecular weight excluding hydrogens is 244 g/mol. The van der Waals surface area contributed by atoms with Crippen LogP contribution in [0.5, 0.6) is 0 Å². The molecule has 3 amide bonds. The summed E-state index contributed by atoms with van der Waals surface area (Å²) in [6, 6.07) is 5.21. The third kappa shape index (κ3) is 3.15. The molecule has 0 saturated carbocycles. The molecule has 1 aromatic carbocycles. The predicted molar refractivity (Wildman–Crippen MR) is 74.0 cm³/mol. The van der Waals surface area contributed by atoms with E-state index in [2.05, 4.69) is 10.6 Å². The maximum Gasteiger partial charge on any atom is 0.321 e. The summed E-state index contributed by atoms with van der Waals surface area (Å²) >= 11 is 0. The van der Waals surface area contributed by atoms with Crippen molar-refractivity contribution in [2.24, 2.45) is 0 Å². The van der Waals surface area contributed by atoms with Crippen LogP contribution >= 0.6 is 0 Å². The van der Waals surface area contributed by atoms with Gasteiger partial charge in [0.2, 0.25) is 5.91 Å². The van der Waals surface area contributed by atoms with Crippen molar-refractivity contribution in [2.75, 3.05) is 30.8 Å². The number of nitrogens with zero attached hydrogens (tertiary/aromatic N) is 1. The van der Waals surface area contributed by atoms with E-state index in [0.717, 1.165) is 36.3 Å². The number of benzene rings is 1. The minimum Gasteiger partial charge on any atom is -0.399 e. The highest BCUT2D eigenvalue weighted by Crippen LogP contribution is 2.28. The van der Waals surface area contributed by atoms with Crippen LogP contribution in [-0.4, -0.2) is 32.1 Å². The minimum absolute atomic E-state index is 0.171. The second-order valence-electron chi connectivity index (χ2n) is 4.54. The van der Waals surface area contributed by atoms with Gasteiger partial charge < -0.3 is 16.0 Å². The number of fused-ring (bicyclic) bond motifs is 1. The molecule has 102 valence electrons. The van der Waals surface area contributed by atoms with Gasteiger partial charge in [0.25, 0.3) is 0 Å². The average molecular weight is 262 g/mol. The Morgan fingerprint density at radius 2 is 2.21 bits per heavy atom. The number of hydrogen-bond acceptors (Lipinski definition) is 4. The molecule has 0 bridgehead atoms. The standard InChI is InChI=1S/C13H18N4O2/c1-15-13(19)16-12(18)8-17-6-2-3-9-7-10(14)4-5-11(9)17/h4-5,7H,2-3,6,8,14H2,1H3,(H2,15,16,18,19). The van der Waals surface area contributed by atoms with Gasteiger partial charge in [-0.25, -0.2) is 4.79 Å². The van der Waals surface area contributed by atoms with Gasteiger partial charge in [-0.05, 0) is 36.6 Å². The summed E-state index contributed by atoms with van der Waals surface area (Å²) in [5, 5.41) is 4.62. The van der Waals surface area contributed by atoms with Crippen LogP contribution in [0.3, 0.4) is 0 Å². The molecule has 1 heterocycles. The number of carbonyl (C=O) groups excluding carboxylic acids is 2. The Kier molecular flexibility index (Phi) is 3.89. The van der Waals surface area contributed by atoms with Crippen molar-refractivity contribution in [3.05, 3.63) is 23.8 Å². The van der Waals surface area contributed by atoms with Crippen molar-refractivity contribution in [3.8, 4) is 0 Å². The number of aryl methyl sites for hydroxylation is 1. The molecule has 0 atom stereocenters. The fraction of sp³-hybridized carbons (Fsp3) is 0.385. The normalized spacial score (nSPS) is 13.6. The second-order valence-corrected chi connectivity index (χ2v) is 4.54. The van der Waals surface area contributed by atoms with Crippen LogP contribution in [0.15, 0.2) is 18.2 Å².